The van der Waals surface area contributed by atoms with Gasteiger partial charge in [-0.3, -0.25) is 4.79 Å². The Labute approximate surface area is 187 Å². The van der Waals surface area contributed by atoms with Crippen molar-refractivity contribution in [3.05, 3.63) is 35.7 Å². The minimum Gasteiger partial charge on any atom is -0.493 e. The lowest BCUT2D eigenvalue weighted by molar-refractivity contribution is -0.133. The van der Waals surface area contributed by atoms with Crippen molar-refractivity contribution in [3.8, 4) is 5.75 Å². The van der Waals surface area contributed by atoms with E-state index in [0.29, 0.717) is 38.5 Å². The van der Waals surface area contributed by atoms with Crippen LogP contribution in [0.3, 0.4) is 0 Å². The van der Waals surface area contributed by atoms with E-state index in [1.165, 1.54) is 16.6 Å². The maximum Gasteiger partial charge on any atom is 0.260 e. The zero-order valence-electron chi connectivity index (χ0n) is 18.6. The molecule has 1 aromatic heterocycles. The summed E-state index contributed by atoms with van der Waals surface area (Å²) in [7, 11) is 0. The van der Waals surface area contributed by atoms with Gasteiger partial charge in [0.05, 0.1) is 6.61 Å². The minimum atomic E-state index is -2.50. The number of amides is 1. The van der Waals surface area contributed by atoms with Crippen LogP contribution in [0.4, 0.5) is 14.7 Å². The Morgan fingerprint density at radius 3 is 2.97 bits per heavy atom. The molecule has 4 rings (SSSR count). The SMILES string of the molecule is Cc1ccc(OCCCC(=O)N2CCC[C@H]([C@@H]3C[C@H](C(F)F)n4ncnc4N3)C2)c(C)c1. The monoisotopic (exact) mass is 447 g/mol. The number of anilines is 1. The minimum absolute atomic E-state index is 0.100. The molecule has 9 heteroatoms. The molecule has 0 unspecified atom stereocenters. The first-order chi connectivity index (χ1) is 15.4. The van der Waals surface area contributed by atoms with E-state index >= 15 is 0 Å². The highest BCUT2D eigenvalue weighted by atomic mass is 19.3. The van der Waals surface area contributed by atoms with Gasteiger partial charge in [0.2, 0.25) is 11.9 Å². The van der Waals surface area contributed by atoms with Crippen LogP contribution < -0.4 is 10.1 Å². The fraction of sp³-hybridized carbons (Fsp3) is 0.609. The molecule has 3 atom stereocenters. The third-order valence-electron chi connectivity index (χ3n) is 6.49. The summed E-state index contributed by atoms with van der Waals surface area (Å²) in [4.78, 5) is 18.7. The molecule has 2 aliphatic heterocycles. The van der Waals surface area contributed by atoms with Gasteiger partial charge < -0.3 is 15.0 Å². The number of hydrogen-bond donors (Lipinski definition) is 1. The molecule has 174 valence electrons. The molecule has 1 N–H and O–H groups in total. The number of nitrogens with one attached hydrogen (secondary N) is 1. The first-order valence-corrected chi connectivity index (χ1v) is 11.3. The molecule has 32 heavy (non-hydrogen) atoms. The topological polar surface area (TPSA) is 72.3 Å². The van der Waals surface area contributed by atoms with Crippen molar-refractivity contribution in [2.24, 2.45) is 5.92 Å². The number of carbonyl (C=O) groups is 1. The standard InChI is InChI=1S/C23H31F2N5O2/c1-15-7-8-20(16(2)11-15)32-10-4-6-21(31)29-9-3-5-17(13-29)18-12-19(22(24)25)30-23(28-18)26-14-27-30/h7-8,11,14,17-19,22H,3-6,9-10,12-13H2,1-2H3,(H,26,27,28)/t17-,18-,19+/m0/s1. The maximum atomic E-state index is 13.6. The lowest BCUT2D eigenvalue weighted by Crippen LogP contribution is -2.48. The molecular weight excluding hydrogens is 416 g/mol. The largest absolute Gasteiger partial charge is 0.493 e. The molecular formula is C23H31F2N5O2. The number of aromatic nitrogens is 3. The highest BCUT2D eigenvalue weighted by Crippen LogP contribution is 2.35. The molecule has 1 amide bonds. The molecule has 7 nitrogen and oxygen atoms in total. The average molecular weight is 448 g/mol. The Kier molecular flexibility index (Phi) is 6.91. The zero-order chi connectivity index (χ0) is 22.7. The molecule has 2 aliphatic rings. The van der Waals surface area contributed by atoms with Crippen molar-refractivity contribution in [3.63, 3.8) is 0 Å². The number of aryl methyl sites for hydroxylation is 2. The summed E-state index contributed by atoms with van der Waals surface area (Å²) in [5.41, 5.74) is 2.28. The van der Waals surface area contributed by atoms with Crippen molar-refractivity contribution in [2.45, 2.75) is 64.5 Å². The van der Waals surface area contributed by atoms with Crippen LogP contribution >= 0.6 is 0 Å². The third kappa shape index (κ3) is 5.02. The summed E-state index contributed by atoms with van der Waals surface area (Å²) in [6.45, 7) is 5.85. The van der Waals surface area contributed by atoms with E-state index < -0.39 is 12.5 Å². The van der Waals surface area contributed by atoms with Crippen LogP contribution in [0.5, 0.6) is 5.75 Å². The second kappa shape index (κ2) is 9.83. The van der Waals surface area contributed by atoms with Crippen LogP contribution in [0.1, 0.15) is 49.3 Å². The number of fused-ring (bicyclic) bond motifs is 1. The second-order valence-corrected chi connectivity index (χ2v) is 8.88. The van der Waals surface area contributed by atoms with Crippen LogP contribution in [-0.2, 0) is 4.79 Å². The summed E-state index contributed by atoms with van der Waals surface area (Å²) < 4.78 is 34.3. The van der Waals surface area contributed by atoms with Gasteiger partial charge in [-0.05, 0) is 57.1 Å². The molecule has 0 bridgehead atoms. The highest BCUT2D eigenvalue weighted by Gasteiger charge is 2.38. The predicted molar refractivity (Wildman–Crippen MR) is 117 cm³/mol. The smallest absolute Gasteiger partial charge is 0.260 e. The Bertz CT molecular complexity index is 935. The Hall–Kier alpha value is -2.71. The number of ether oxygens (including phenoxy) is 1. The van der Waals surface area contributed by atoms with E-state index in [9.17, 15) is 13.6 Å². The quantitative estimate of drug-likeness (QED) is 0.650. The molecule has 1 fully saturated rings. The third-order valence-corrected chi connectivity index (χ3v) is 6.49. The predicted octanol–water partition coefficient (Wildman–Crippen LogP) is 3.98. The Balaban J connectivity index is 1.27. The van der Waals surface area contributed by atoms with Gasteiger partial charge in [-0.2, -0.15) is 10.1 Å². The van der Waals surface area contributed by atoms with E-state index in [1.54, 1.807) is 0 Å². The van der Waals surface area contributed by atoms with Crippen LogP contribution in [0.15, 0.2) is 24.5 Å². The second-order valence-electron chi connectivity index (χ2n) is 8.88. The number of piperidine rings is 1. The Morgan fingerprint density at radius 1 is 1.34 bits per heavy atom. The van der Waals surface area contributed by atoms with Crippen molar-refractivity contribution >= 4 is 11.9 Å². The van der Waals surface area contributed by atoms with E-state index in [0.717, 1.165) is 24.2 Å². The van der Waals surface area contributed by atoms with Crippen LogP contribution in [0.25, 0.3) is 0 Å². The van der Waals surface area contributed by atoms with Crippen LogP contribution in [0, 0.1) is 19.8 Å². The number of carbonyl (C=O) groups excluding carboxylic acids is 1. The van der Waals surface area contributed by atoms with Crippen LogP contribution in [0.2, 0.25) is 0 Å². The summed E-state index contributed by atoms with van der Waals surface area (Å²) in [6, 6.07) is 4.93. The summed E-state index contributed by atoms with van der Waals surface area (Å²) in [5.74, 6) is 1.46. The van der Waals surface area contributed by atoms with Gasteiger partial charge in [0, 0.05) is 25.6 Å². The first kappa shape index (κ1) is 22.5. The van der Waals surface area contributed by atoms with E-state index in [1.807, 2.05) is 30.9 Å². The van der Waals surface area contributed by atoms with Gasteiger partial charge in [0.25, 0.3) is 6.43 Å². The maximum absolute atomic E-state index is 13.6. The molecule has 0 aliphatic carbocycles. The molecule has 1 saturated heterocycles. The van der Waals surface area contributed by atoms with Crippen molar-refractivity contribution in [1.82, 2.24) is 19.7 Å². The summed E-state index contributed by atoms with van der Waals surface area (Å²) >= 11 is 0. The number of halogens is 2. The van der Waals surface area contributed by atoms with Gasteiger partial charge >= 0.3 is 0 Å². The first-order valence-electron chi connectivity index (χ1n) is 11.3. The zero-order valence-corrected chi connectivity index (χ0v) is 18.6. The fourth-order valence-corrected chi connectivity index (χ4v) is 4.79. The number of likely N-dealkylation sites (tertiary alicyclic amines) is 1. The average Bonchev–Trinajstić information content (AvgIpc) is 3.25. The number of rotatable bonds is 7. The molecule has 3 heterocycles. The number of nitrogens with zero attached hydrogens (tertiary/aromatic N) is 4. The van der Waals surface area contributed by atoms with Gasteiger partial charge in [-0.15, -0.1) is 0 Å². The Morgan fingerprint density at radius 2 is 2.19 bits per heavy atom. The summed E-state index contributed by atoms with van der Waals surface area (Å²) in [5, 5.41) is 7.21. The van der Waals surface area contributed by atoms with E-state index in [-0.39, 0.29) is 24.3 Å². The lowest BCUT2D eigenvalue weighted by Gasteiger charge is -2.40. The molecule has 0 radical (unpaired) electrons. The van der Waals surface area contributed by atoms with Crippen molar-refractivity contribution in [2.75, 3.05) is 25.0 Å². The van der Waals surface area contributed by atoms with Crippen LogP contribution in [-0.4, -0.2) is 57.7 Å². The number of alkyl halides is 2. The van der Waals surface area contributed by atoms with Crippen molar-refractivity contribution < 1.29 is 18.3 Å². The molecule has 0 spiro atoms. The normalized spacial score (nSPS) is 23.0. The molecule has 1 aromatic carbocycles. The van der Waals surface area contributed by atoms with E-state index in [2.05, 4.69) is 21.5 Å². The molecule has 2 aromatic rings. The summed E-state index contributed by atoms with van der Waals surface area (Å²) in [6.07, 6.45) is 1.93. The molecule has 0 saturated carbocycles. The fourth-order valence-electron chi connectivity index (χ4n) is 4.79. The van der Waals surface area contributed by atoms with Gasteiger partial charge in [0.15, 0.2) is 0 Å². The number of hydrogen-bond acceptors (Lipinski definition) is 5. The van der Waals surface area contributed by atoms with Gasteiger partial charge in [-0.25, -0.2) is 13.5 Å². The highest BCUT2D eigenvalue weighted by molar-refractivity contribution is 5.76. The lowest BCUT2D eigenvalue weighted by atomic mass is 9.86. The van der Waals surface area contributed by atoms with E-state index in [4.69, 9.17) is 4.74 Å². The number of benzene rings is 1. The van der Waals surface area contributed by atoms with Gasteiger partial charge in [-0.1, -0.05) is 17.7 Å². The van der Waals surface area contributed by atoms with Gasteiger partial charge in [0.1, 0.15) is 18.1 Å². The van der Waals surface area contributed by atoms with Crippen molar-refractivity contribution in [1.29, 1.82) is 0 Å².